The van der Waals surface area contributed by atoms with Gasteiger partial charge in [-0.05, 0) is 40.9 Å². The maximum atomic E-state index is 3.73. The summed E-state index contributed by atoms with van der Waals surface area (Å²) in [4.78, 5) is 2.85. The van der Waals surface area contributed by atoms with E-state index in [1.165, 1.54) is 20.9 Å². The molecule has 0 aliphatic heterocycles. The number of rotatable bonds is 6. The third kappa shape index (κ3) is 3.82. The topological polar surface area (TPSA) is 12.0 Å². The second-order valence-electron chi connectivity index (χ2n) is 5.16. The van der Waals surface area contributed by atoms with E-state index in [4.69, 9.17) is 0 Å². The molecule has 0 amide bonds. The van der Waals surface area contributed by atoms with Crippen LogP contribution in [0.3, 0.4) is 0 Å². The van der Waals surface area contributed by atoms with Gasteiger partial charge in [-0.3, -0.25) is 0 Å². The van der Waals surface area contributed by atoms with Crippen LogP contribution in [0.15, 0.2) is 59.3 Å². The van der Waals surface area contributed by atoms with Crippen LogP contribution in [0.4, 0.5) is 0 Å². The van der Waals surface area contributed by atoms with Gasteiger partial charge in [0.25, 0.3) is 0 Å². The Hall–Kier alpha value is -1.42. The molecule has 3 aromatic rings. The molecule has 2 heterocycles. The Morgan fingerprint density at radius 2 is 1.76 bits per heavy atom. The van der Waals surface area contributed by atoms with Gasteiger partial charge in [0.15, 0.2) is 0 Å². The average Bonchev–Trinajstić information content (AvgIpc) is 3.18. The van der Waals surface area contributed by atoms with Crippen molar-refractivity contribution in [2.45, 2.75) is 25.9 Å². The Labute approximate surface area is 134 Å². The molecular formula is C18H19NS2. The summed E-state index contributed by atoms with van der Waals surface area (Å²) in [5.41, 5.74) is 2.73. The summed E-state index contributed by atoms with van der Waals surface area (Å²) in [5.74, 6) is 0. The predicted octanol–water partition coefficient (Wildman–Crippen LogP) is 5.19. The SMILES string of the molecule is Cc1ccccc1CNC(Cc1cccs1)c1cccs1. The summed E-state index contributed by atoms with van der Waals surface area (Å²) < 4.78 is 0. The van der Waals surface area contributed by atoms with Crippen molar-refractivity contribution in [1.82, 2.24) is 5.32 Å². The Balaban J connectivity index is 1.72. The largest absolute Gasteiger partial charge is 0.305 e. The minimum absolute atomic E-state index is 0.392. The average molecular weight is 313 g/mol. The van der Waals surface area contributed by atoms with Gasteiger partial charge in [-0.1, -0.05) is 36.4 Å². The molecule has 0 radical (unpaired) electrons. The number of benzene rings is 1. The molecule has 0 aliphatic rings. The molecule has 1 atom stereocenters. The quantitative estimate of drug-likeness (QED) is 0.660. The minimum atomic E-state index is 0.392. The fraction of sp³-hybridized carbons (Fsp3) is 0.222. The number of nitrogens with one attached hydrogen (secondary N) is 1. The molecule has 0 saturated heterocycles. The van der Waals surface area contributed by atoms with Gasteiger partial charge < -0.3 is 5.32 Å². The summed E-state index contributed by atoms with van der Waals surface area (Å²) >= 11 is 3.67. The molecule has 2 aromatic heterocycles. The summed E-state index contributed by atoms with van der Waals surface area (Å²) in [6.45, 7) is 3.09. The zero-order chi connectivity index (χ0) is 14.5. The maximum absolute atomic E-state index is 3.73. The predicted molar refractivity (Wildman–Crippen MR) is 93.1 cm³/mol. The fourth-order valence-electron chi connectivity index (χ4n) is 2.43. The van der Waals surface area contributed by atoms with E-state index in [9.17, 15) is 0 Å². The van der Waals surface area contributed by atoms with E-state index in [1.54, 1.807) is 0 Å². The second-order valence-corrected chi connectivity index (χ2v) is 7.17. The van der Waals surface area contributed by atoms with Crippen LogP contribution in [-0.4, -0.2) is 0 Å². The molecule has 1 aromatic carbocycles. The van der Waals surface area contributed by atoms with Crippen molar-refractivity contribution in [2.24, 2.45) is 0 Å². The first-order valence-corrected chi connectivity index (χ1v) is 8.92. The van der Waals surface area contributed by atoms with Crippen molar-refractivity contribution in [2.75, 3.05) is 0 Å². The van der Waals surface area contributed by atoms with Crippen LogP contribution < -0.4 is 5.32 Å². The lowest BCUT2D eigenvalue weighted by atomic mass is 10.1. The third-order valence-electron chi connectivity index (χ3n) is 3.67. The van der Waals surface area contributed by atoms with E-state index in [2.05, 4.69) is 71.5 Å². The Morgan fingerprint density at radius 1 is 0.952 bits per heavy atom. The highest BCUT2D eigenvalue weighted by molar-refractivity contribution is 7.10. The van der Waals surface area contributed by atoms with Crippen molar-refractivity contribution in [3.63, 3.8) is 0 Å². The summed E-state index contributed by atoms with van der Waals surface area (Å²) in [6.07, 6.45) is 1.06. The lowest BCUT2D eigenvalue weighted by molar-refractivity contribution is 0.540. The highest BCUT2D eigenvalue weighted by Crippen LogP contribution is 2.25. The van der Waals surface area contributed by atoms with Crippen LogP contribution in [-0.2, 0) is 13.0 Å². The van der Waals surface area contributed by atoms with Crippen LogP contribution in [0.5, 0.6) is 0 Å². The molecule has 0 aliphatic carbocycles. The van der Waals surface area contributed by atoms with Crippen LogP contribution in [0.25, 0.3) is 0 Å². The van der Waals surface area contributed by atoms with Gasteiger partial charge in [-0.15, -0.1) is 22.7 Å². The highest BCUT2D eigenvalue weighted by Gasteiger charge is 2.14. The van der Waals surface area contributed by atoms with E-state index < -0.39 is 0 Å². The Morgan fingerprint density at radius 3 is 2.48 bits per heavy atom. The minimum Gasteiger partial charge on any atom is -0.305 e. The molecule has 21 heavy (non-hydrogen) atoms. The molecule has 1 unspecified atom stereocenters. The molecule has 0 bridgehead atoms. The van der Waals surface area contributed by atoms with E-state index >= 15 is 0 Å². The monoisotopic (exact) mass is 313 g/mol. The normalized spacial score (nSPS) is 12.4. The van der Waals surface area contributed by atoms with Gasteiger partial charge >= 0.3 is 0 Å². The number of aryl methyl sites for hydroxylation is 1. The summed E-state index contributed by atoms with van der Waals surface area (Å²) in [7, 11) is 0. The first-order valence-electron chi connectivity index (χ1n) is 7.16. The van der Waals surface area contributed by atoms with E-state index in [-0.39, 0.29) is 0 Å². The Bertz CT molecular complexity index is 656. The van der Waals surface area contributed by atoms with Crippen LogP contribution >= 0.6 is 22.7 Å². The second kappa shape index (κ2) is 7.03. The van der Waals surface area contributed by atoms with Crippen LogP contribution in [0, 0.1) is 6.92 Å². The smallest absolute Gasteiger partial charge is 0.0466 e. The summed E-state index contributed by atoms with van der Waals surface area (Å²) in [6, 6.07) is 17.7. The number of hydrogen-bond donors (Lipinski definition) is 1. The van der Waals surface area contributed by atoms with Crippen molar-refractivity contribution < 1.29 is 0 Å². The number of hydrogen-bond acceptors (Lipinski definition) is 3. The van der Waals surface area contributed by atoms with Crippen molar-refractivity contribution >= 4 is 22.7 Å². The zero-order valence-corrected chi connectivity index (χ0v) is 13.7. The molecule has 3 rings (SSSR count). The van der Waals surface area contributed by atoms with Gasteiger partial charge in [-0.25, -0.2) is 0 Å². The fourth-order valence-corrected chi connectivity index (χ4v) is 3.99. The lowest BCUT2D eigenvalue weighted by Gasteiger charge is -2.18. The van der Waals surface area contributed by atoms with Gasteiger partial charge in [0.2, 0.25) is 0 Å². The van der Waals surface area contributed by atoms with Crippen LogP contribution in [0.1, 0.15) is 26.9 Å². The van der Waals surface area contributed by atoms with E-state index in [0.29, 0.717) is 6.04 Å². The first-order chi connectivity index (χ1) is 10.3. The van der Waals surface area contributed by atoms with Crippen LogP contribution in [0.2, 0.25) is 0 Å². The Kier molecular flexibility index (Phi) is 4.86. The third-order valence-corrected chi connectivity index (χ3v) is 5.56. The zero-order valence-electron chi connectivity index (χ0n) is 12.1. The molecule has 0 saturated carbocycles. The molecule has 0 spiro atoms. The van der Waals surface area contributed by atoms with Gasteiger partial charge in [0, 0.05) is 28.8 Å². The first kappa shape index (κ1) is 14.5. The molecular weight excluding hydrogens is 294 g/mol. The molecule has 0 fully saturated rings. The summed E-state index contributed by atoms with van der Waals surface area (Å²) in [5, 5.41) is 8.05. The van der Waals surface area contributed by atoms with Crippen molar-refractivity contribution in [3.8, 4) is 0 Å². The molecule has 1 nitrogen and oxygen atoms in total. The molecule has 3 heteroatoms. The van der Waals surface area contributed by atoms with Gasteiger partial charge in [-0.2, -0.15) is 0 Å². The highest BCUT2D eigenvalue weighted by atomic mass is 32.1. The van der Waals surface area contributed by atoms with E-state index in [1.807, 2.05) is 22.7 Å². The standard InChI is InChI=1S/C18H19NS2/c1-14-6-2-3-7-15(14)13-19-17(18-9-5-11-21-18)12-16-8-4-10-20-16/h2-11,17,19H,12-13H2,1H3. The maximum Gasteiger partial charge on any atom is 0.0466 e. The molecule has 108 valence electrons. The van der Waals surface area contributed by atoms with E-state index in [0.717, 1.165) is 13.0 Å². The lowest BCUT2D eigenvalue weighted by Crippen LogP contribution is -2.22. The number of thiophene rings is 2. The van der Waals surface area contributed by atoms with Gasteiger partial charge in [0.05, 0.1) is 0 Å². The van der Waals surface area contributed by atoms with Crippen molar-refractivity contribution in [1.29, 1.82) is 0 Å². The van der Waals surface area contributed by atoms with Crippen molar-refractivity contribution in [3.05, 3.63) is 80.2 Å². The molecule has 1 N–H and O–H groups in total. The van der Waals surface area contributed by atoms with Gasteiger partial charge in [0.1, 0.15) is 0 Å².